The first-order chi connectivity index (χ1) is 14.9. The number of non-ortho nitro benzene ring substituents is 1. The van der Waals surface area contributed by atoms with E-state index in [1.54, 1.807) is 17.8 Å². The minimum atomic E-state index is -3.92. The molecular formula is C19H23N7O4S. The van der Waals surface area contributed by atoms with Crippen LogP contribution in [0, 0.1) is 17.0 Å². The topological polar surface area (TPSA) is 136 Å². The molecule has 31 heavy (non-hydrogen) atoms. The van der Waals surface area contributed by atoms with Gasteiger partial charge in [0, 0.05) is 31.8 Å². The van der Waals surface area contributed by atoms with Gasteiger partial charge in [0.05, 0.1) is 27.9 Å². The summed E-state index contributed by atoms with van der Waals surface area (Å²) in [5, 5.41) is 16.2. The Morgan fingerprint density at radius 1 is 1.19 bits per heavy atom. The van der Waals surface area contributed by atoms with Crippen LogP contribution in [0.1, 0.15) is 24.8 Å². The van der Waals surface area contributed by atoms with Crippen LogP contribution in [-0.4, -0.2) is 52.7 Å². The van der Waals surface area contributed by atoms with Crippen molar-refractivity contribution < 1.29 is 13.3 Å². The highest BCUT2D eigenvalue weighted by Gasteiger charge is 2.21. The number of aryl methyl sites for hydroxylation is 1. The number of nitro benzene ring substituents is 1. The molecule has 2 aromatic heterocycles. The normalized spacial score (nSPS) is 14.8. The fourth-order valence-corrected chi connectivity index (χ4v) is 5.04. The van der Waals surface area contributed by atoms with Gasteiger partial charge in [0.1, 0.15) is 12.1 Å². The molecule has 0 saturated carbocycles. The molecule has 12 heteroatoms. The average molecular weight is 446 g/mol. The van der Waals surface area contributed by atoms with Crippen molar-refractivity contribution in [3.63, 3.8) is 0 Å². The van der Waals surface area contributed by atoms with Crippen LogP contribution in [0.4, 0.5) is 11.5 Å². The third-order valence-corrected chi connectivity index (χ3v) is 6.96. The number of nitrogens with one attached hydrogen (secondary N) is 1. The standard InChI is InChI=1S/C19H23N7O4S/c1-14-5-6-15(26(27)28)11-17(14)31(29,30)23-7-10-25-19-16(12-22-25)18(20-13-21-19)24-8-3-2-4-9-24/h5-6,11-13,23H,2-4,7-10H2,1H3. The number of rotatable bonds is 7. The van der Waals surface area contributed by atoms with Gasteiger partial charge in [-0.15, -0.1) is 0 Å². The predicted molar refractivity (Wildman–Crippen MR) is 114 cm³/mol. The molecule has 0 aliphatic carbocycles. The summed E-state index contributed by atoms with van der Waals surface area (Å²) in [6, 6.07) is 3.77. The number of fused-ring (bicyclic) bond motifs is 1. The first-order valence-corrected chi connectivity index (χ1v) is 11.5. The number of anilines is 1. The van der Waals surface area contributed by atoms with Crippen molar-refractivity contribution in [1.29, 1.82) is 0 Å². The van der Waals surface area contributed by atoms with Crippen LogP contribution in [0.15, 0.2) is 35.6 Å². The van der Waals surface area contributed by atoms with Crippen LogP contribution in [0.25, 0.3) is 11.0 Å². The molecular weight excluding hydrogens is 422 g/mol. The maximum Gasteiger partial charge on any atom is 0.270 e. The van der Waals surface area contributed by atoms with Crippen molar-refractivity contribution in [2.45, 2.75) is 37.6 Å². The van der Waals surface area contributed by atoms with Gasteiger partial charge in [-0.05, 0) is 31.7 Å². The lowest BCUT2D eigenvalue weighted by Crippen LogP contribution is -2.30. The van der Waals surface area contributed by atoms with E-state index in [9.17, 15) is 18.5 Å². The number of hydrogen-bond donors (Lipinski definition) is 1. The van der Waals surface area contributed by atoms with Crippen LogP contribution in [-0.2, 0) is 16.6 Å². The second-order valence-electron chi connectivity index (χ2n) is 7.45. The molecule has 1 aromatic carbocycles. The molecule has 11 nitrogen and oxygen atoms in total. The Kier molecular flexibility index (Phi) is 5.83. The number of benzene rings is 1. The van der Waals surface area contributed by atoms with Gasteiger partial charge in [-0.3, -0.25) is 10.1 Å². The Balaban J connectivity index is 1.50. The van der Waals surface area contributed by atoms with Crippen molar-refractivity contribution in [3.8, 4) is 0 Å². The lowest BCUT2D eigenvalue weighted by Gasteiger charge is -2.27. The predicted octanol–water partition coefficient (Wildman–Crippen LogP) is 2.01. The maximum absolute atomic E-state index is 12.7. The third-order valence-electron chi connectivity index (χ3n) is 5.36. The Hall–Kier alpha value is -3.12. The van der Waals surface area contributed by atoms with Crippen molar-refractivity contribution in [3.05, 3.63) is 46.4 Å². The Morgan fingerprint density at radius 2 is 1.97 bits per heavy atom. The van der Waals surface area contributed by atoms with Crippen LogP contribution < -0.4 is 9.62 Å². The van der Waals surface area contributed by atoms with Gasteiger partial charge in [-0.2, -0.15) is 5.10 Å². The molecule has 1 saturated heterocycles. The van der Waals surface area contributed by atoms with E-state index in [0.717, 1.165) is 43.2 Å². The molecule has 0 spiro atoms. The quantitative estimate of drug-likeness (QED) is 0.431. The van der Waals surface area contributed by atoms with E-state index in [1.165, 1.54) is 24.9 Å². The smallest absolute Gasteiger partial charge is 0.270 e. The van der Waals surface area contributed by atoms with Gasteiger partial charge in [0.15, 0.2) is 5.65 Å². The van der Waals surface area contributed by atoms with Gasteiger partial charge in [0.25, 0.3) is 5.69 Å². The van der Waals surface area contributed by atoms with E-state index in [1.807, 2.05) is 0 Å². The lowest BCUT2D eigenvalue weighted by atomic mass is 10.1. The molecule has 0 atom stereocenters. The molecule has 4 rings (SSSR count). The summed E-state index contributed by atoms with van der Waals surface area (Å²) in [7, 11) is -3.92. The molecule has 3 aromatic rings. The average Bonchev–Trinajstić information content (AvgIpc) is 3.17. The molecule has 1 aliphatic heterocycles. The number of nitrogens with zero attached hydrogens (tertiary/aromatic N) is 6. The fourth-order valence-electron chi connectivity index (χ4n) is 3.76. The summed E-state index contributed by atoms with van der Waals surface area (Å²) in [4.78, 5) is 21.2. The molecule has 0 bridgehead atoms. The highest BCUT2D eigenvalue weighted by molar-refractivity contribution is 7.89. The SMILES string of the molecule is Cc1ccc([N+](=O)[O-])cc1S(=O)(=O)NCCn1ncc2c(N3CCCCC3)ncnc21. The van der Waals surface area contributed by atoms with Crippen molar-refractivity contribution in [2.75, 3.05) is 24.5 Å². The van der Waals surface area contributed by atoms with Crippen molar-refractivity contribution in [2.24, 2.45) is 0 Å². The zero-order chi connectivity index (χ0) is 22.0. The van der Waals surface area contributed by atoms with Gasteiger partial charge >= 0.3 is 0 Å². The van der Waals surface area contributed by atoms with E-state index >= 15 is 0 Å². The van der Waals surface area contributed by atoms with E-state index in [4.69, 9.17) is 0 Å². The van der Waals surface area contributed by atoms with Gasteiger partial charge in [0.2, 0.25) is 10.0 Å². The highest BCUT2D eigenvalue weighted by Crippen LogP contribution is 2.25. The molecule has 0 amide bonds. The maximum atomic E-state index is 12.7. The summed E-state index contributed by atoms with van der Waals surface area (Å²) in [6.07, 6.45) is 6.67. The Labute approximate surface area is 179 Å². The number of hydrogen-bond acceptors (Lipinski definition) is 8. The molecule has 1 N–H and O–H groups in total. The number of aromatic nitrogens is 4. The molecule has 3 heterocycles. The van der Waals surface area contributed by atoms with Gasteiger partial charge in [-0.1, -0.05) is 6.07 Å². The zero-order valence-corrected chi connectivity index (χ0v) is 17.9. The number of sulfonamides is 1. The fraction of sp³-hybridized carbons (Fsp3) is 0.421. The number of nitro groups is 1. The molecule has 0 radical (unpaired) electrons. The molecule has 164 valence electrons. The second kappa shape index (κ2) is 8.55. The zero-order valence-electron chi connectivity index (χ0n) is 17.1. The van der Waals surface area contributed by atoms with Crippen molar-refractivity contribution >= 4 is 32.6 Å². The van der Waals surface area contributed by atoms with Crippen LogP contribution in [0.2, 0.25) is 0 Å². The summed E-state index contributed by atoms with van der Waals surface area (Å²) >= 11 is 0. The van der Waals surface area contributed by atoms with Crippen LogP contribution >= 0.6 is 0 Å². The van der Waals surface area contributed by atoms with E-state index < -0.39 is 14.9 Å². The van der Waals surface area contributed by atoms with Crippen LogP contribution in [0.5, 0.6) is 0 Å². The monoisotopic (exact) mass is 445 g/mol. The van der Waals surface area contributed by atoms with Gasteiger partial charge < -0.3 is 4.90 Å². The first-order valence-electron chi connectivity index (χ1n) is 10.0. The molecule has 1 aliphatic rings. The summed E-state index contributed by atoms with van der Waals surface area (Å²) < 4.78 is 29.5. The first kappa shape index (κ1) is 21.1. The van der Waals surface area contributed by atoms with E-state index in [0.29, 0.717) is 11.2 Å². The van der Waals surface area contributed by atoms with Crippen LogP contribution in [0.3, 0.4) is 0 Å². The van der Waals surface area contributed by atoms with E-state index in [-0.39, 0.29) is 23.7 Å². The third kappa shape index (κ3) is 4.35. The minimum absolute atomic E-state index is 0.0598. The summed E-state index contributed by atoms with van der Waals surface area (Å²) in [5.41, 5.74) is 0.800. The molecule has 0 unspecified atom stereocenters. The Morgan fingerprint density at radius 3 is 2.71 bits per heavy atom. The van der Waals surface area contributed by atoms with E-state index in [2.05, 4.69) is 24.7 Å². The Bertz CT molecular complexity index is 1220. The summed E-state index contributed by atoms with van der Waals surface area (Å²) in [5.74, 6) is 0.851. The minimum Gasteiger partial charge on any atom is -0.356 e. The largest absolute Gasteiger partial charge is 0.356 e. The molecule has 1 fully saturated rings. The number of piperidine rings is 1. The highest BCUT2D eigenvalue weighted by atomic mass is 32.2. The lowest BCUT2D eigenvalue weighted by molar-refractivity contribution is -0.385. The van der Waals surface area contributed by atoms with Gasteiger partial charge in [-0.25, -0.2) is 27.8 Å². The second-order valence-corrected chi connectivity index (χ2v) is 9.19. The summed E-state index contributed by atoms with van der Waals surface area (Å²) in [6.45, 7) is 3.80. The van der Waals surface area contributed by atoms with Crippen molar-refractivity contribution in [1.82, 2.24) is 24.5 Å².